The zero-order valence-corrected chi connectivity index (χ0v) is 7.92. The molecule has 1 amide bonds. The highest BCUT2D eigenvalue weighted by atomic mass is 16.3. The van der Waals surface area contributed by atoms with Gasteiger partial charge in [0.2, 0.25) is 5.91 Å². The van der Waals surface area contributed by atoms with Crippen molar-refractivity contribution >= 4 is 5.91 Å². The largest absolute Gasteiger partial charge is 0.395 e. The van der Waals surface area contributed by atoms with Crippen molar-refractivity contribution in [2.45, 2.75) is 32.4 Å². The van der Waals surface area contributed by atoms with Crippen LogP contribution in [-0.2, 0) is 4.79 Å². The summed E-state index contributed by atoms with van der Waals surface area (Å²) in [5, 5.41) is 14.4. The summed E-state index contributed by atoms with van der Waals surface area (Å²) < 4.78 is 0. The smallest absolute Gasteiger partial charge is 0.236 e. The molecule has 2 atom stereocenters. The number of amides is 1. The minimum atomic E-state index is -0.243. The summed E-state index contributed by atoms with van der Waals surface area (Å²) in [6.07, 6.45) is 0.817. The van der Waals surface area contributed by atoms with Crippen molar-refractivity contribution < 1.29 is 9.90 Å². The fourth-order valence-corrected chi connectivity index (χ4v) is 0.945. The normalized spacial score (nSPS) is 15.3. The van der Waals surface area contributed by atoms with Crippen LogP contribution in [0.15, 0.2) is 0 Å². The van der Waals surface area contributed by atoms with E-state index >= 15 is 0 Å². The molecule has 0 aliphatic heterocycles. The molecule has 12 heavy (non-hydrogen) atoms. The number of carbonyl (C=O) groups is 1. The molecule has 0 aliphatic carbocycles. The number of hydrogen-bond acceptors (Lipinski definition) is 3. The molecule has 0 rings (SSSR count). The number of aliphatic hydroxyl groups excluding tert-OH is 1. The summed E-state index contributed by atoms with van der Waals surface area (Å²) in [5.74, 6) is -0.0538. The average Bonchev–Trinajstić information content (AvgIpc) is 2.12. The van der Waals surface area contributed by atoms with Crippen molar-refractivity contribution in [1.29, 1.82) is 0 Å². The third-order valence-corrected chi connectivity index (χ3v) is 1.84. The van der Waals surface area contributed by atoms with Gasteiger partial charge in [0.1, 0.15) is 0 Å². The van der Waals surface area contributed by atoms with Crippen LogP contribution in [0, 0.1) is 0 Å². The Morgan fingerprint density at radius 1 is 1.58 bits per heavy atom. The second kappa shape index (κ2) is 5.97. The lowest BCUT2D eigenvalue weighted by Gasteiger charge is -2.18. The van der Waals surface area contributed by atoms with E-state index in [1.165, 1.54) is 0 Å². The van der Waals surface area contributed by atoms with Crippen molar-refractivity contribution in [3.05, 3.63) is 0 Å². The molecule has 0 aliphatic rings. The molecule has 0 heterocycles. The highest BCUT2D eigenvalue weighted by Gasteiger charge is 2.14. The van der Waals surface area contributed by atoms with Crippen LogP contribution in [0.4, 0.5) is 0 Å². The molecule has 0 aromatic heterocycles. The molecule has 0 fully saturated rings. The molecule has 3 N–H and O–H groups in total. The van der Waals surface area contributed by atoms with Crippen LogP contribution in [0.2, 0.25) is 0 Å². The molecule has 72 valence electrons. The fraction of sp³-hybridized carbons (Fsp3) is 0.875. The van der Waals surface area contributed by atoms with Crippen molar-refractivity contribution in [2.75, 3.05) is 13.7 Å². The Labute approximate surface area is 73.3 Å². The molecular weight excluding hydrogens is 156 g/mol. The van der Waals surface area contributed by atoms with E-state index in [4.69, 9.17) is 5.11 Å². The van der Waals surface area contributed by atoms with Crippen LogP contribution in [0.5, 0.6) is 0 Å². The minimum Gasteiger partial charge on any atom is -0.395 e. The number of carbonyl (C=O) groups excluding carboxylic acids is 1. The first-order valence-electron chi connectivity index (χ1n) is 4.24. The van der Waals surface area contributed by atoms with E-state index < -0.39 is 0 Å². The topological polar surface area (TPSA) is 61.4 Å². The lowest BCUT2D eigenvalue weighted by molar-refractivity contribution is -0.122. The first-order chi connectivity index (χ1) is 5.65. The van der Waals surface area contributed by atoms with E-state index in [1.54, 1.807) is 14.0 Å². The lowest BCUT2D eigenvalue weighted by atomic mass is 10.2. The minimum absolute atomic E-state index is 0.0114. The SMILES string of the molecule is CCC(CO)NC(C)C(=O)NC. The predicted octanol–water partition coefficient (Wildman–Crippen LogP) is -0.519. The zero-order valence-electron chi connectivity index (χ0n) is 7.92. The molecule has 0 aromatic carbocycles. The molecule has 0 saturated heterocycles. The van der Waals surface area contributed by atoms with Gasteiger partial charge in [-0.1, -0.05) is 6.92 Å². The summed E-state index contributed by atoms with van der Waals surface area (Å²) in [4.78, 5) is 11.0. The summed E-state index contributed by atoms with van der Waals surface area (Å²) in [5.41, 5.74) is 0. The molecule has 0 aromatic rings. The Hall–Kier alpha value is -0.610. The van der Waals surface area contributed by atoms with Crippen LogP contribution in [-0.4, -0.2) is 36.8 Å². The molecule has 0 spiro atoms. The van der Waals surface area contributed by atoms with Gasteiger partial charge in [-0.2, -0.15) is 0 Å². The van der Waals surface area contributed by atoms with Crippen LogP contribution < -0.4 is 10.6 Å². The van der Waals surface area contributed by atoms with E-state index in [9.17, 15) is 4.79 Å². The van der Waals surface area contributed by atoms with E-state index in [-0.39, 0.29) is 24.6 Å². The second-order valence-corrected chi connectivity index (χ2v) is 2.79. The van der Waals surface area contributed by atoms with Gasteiger partial charge < -0.3 is 15.7 Å². The van der Waals surface area contributed by atoms with Gasteiger partial charge in [-0.25, -0.2) is 0 Å². The van der Waals surface area contributed by atoms with Crippen LogP contribution in [0.3, 0.4) is 0 Å². The highest BCUT2D eigenvalue weighted by molar-refractivity contribution is 5.80. The van der Waals surface area contributed by atoms with Gasteiger partial charge in [-0.05, 0) is 13.3 Å². The monoisotopic (exact) mass is 174 g/mol. The standard InChI is InChI=1S/C8H18N2O2/c1-4-7(5-11)10-6(2)8(12)9-3/h6-7,10-11H,4-5H2,1-3H3,(H,9,12). The van der Waals surface area contributed by atoms with Gasteiger partial charge in [-0.3, -0.25) is 4.79 Å². The van der Waals surface area contributed by atoms with Gasteiger partial charge >= 0.3 is 0 Å². The van der Waals surface area contributed by atoms with Gasteiger partial charge in [0.15, 0.2) is 0 Å². The molecule has 4 nitrogen and oxygen atoms in total. The van der Waals surface area contributed by atoms with E-state index in [1.807, 2.05) is 6.92 Å². The number of nitrogens with one attached hydrogen (secondary N) is 2. The van der Waals surface area contributed by atoms with Gasteiger partial charge in [0.25, 0.3) is 0 Å². The highest BCUT2D eigenvalue weighted by Crippen LogP contribution is 1.92. The Morgan fingerprint density at radius 3 is 2.50 bits per heavy atom. The van der Waals surface area contributed by atoms with E-state index in [0.29, 0.717) is 0 Å². The Morgan fingerprint density at radius 2 is 2.17 bits per heavy atom. The first-order valence-corrected chi connectivity index (χ1v) is 4.24. The number of hydrogen-bond donors (Lipinski definition) is 3. The third kappa shape index (κ3) is 3.69. The molecule has 2 unspecified atom stereocenters. The third-order valence-electron chi connectivity index (χ3n) is 1.84. The fourth-order valence-electron chi connectivity index (χ4n) is 0.945. The lowest BCUT2D eigenvalue weighted by Crippen LogP contribution is -2.46. The summed E-state index contributed by atoms with van der Waals surface area (Å²) >= 11 is 0. The molecular formula is C8H18N2O2. The number of likely N-dealkylation sites (N-methyl/N-ethyl adjacent to an activating group) is 1. The average molecular weight is 174 g/mol. The van der Waals surface area contributed by atoms with Crippen molar-refractivity contribution in [1.82, 2.24) is 10.6 Å². The van der Waals surface area contributed by atoms with Gasteiger partial charge in [-0.15, -0.1) is 0 Å². The summed E-state index contributed by atoms with van der Waals surface area (Å²) in [6, 6.07) is -0.232. The predicted molar refractivity (Wildman–Crippen MR) is 47.8 cm³/mol. The maximum absolute atomic E-state index is 11.0. The number of aliphatic hydroxyl groups is 1. The van der Waals surface area contributed by atoms with Gasteiger partial charge in [0, 0.05) is 13.1 Å². The maximum Gasteiger partial charge on any atom is 0.236 e. The Bertz CT molecular complexity index is 135. The summed E-state index contributed by atoms with van der Waals surface area (Å²) in [6.45, 7) is 3.81. The maximum atomic E-state index is 11.0. The molecule has 0 bridgehead atoms. The molecule has 4 heteroatoms. The van der Waals surface area contributed by atoms with Crippen LogP contribution in [0.1, 0.15) is 20.3 Å². The van der Waals surface area contributed by atoms with Gasteiger partial charge in [0.05, 0.1) is 12.6 Å². The van der Waals surface area contributed by atoms with E-state index in [2.05, 4.69) is 10.6 Å². The molecule has 0 radical (unpaired) electrons. The zero-order chi connectivity index (χ0) is 9.56. The summed E-state index contributed by atoms with van der Waals surface area (Å²) in [7, 11) is 1.60. The Kier molecular flexibility index (Phi) is 5.66. The van der Waals surface area contributed by atoms with Crippen molar-refractivity contribution in [3.63, 3.8) is 0 Å². The molecule has 0 saturated carbocycles. The van der Waals surface area contributed by atoms with Crippen molar-refractivity contribution in [3.8, 4) is 0 Å². The Balaban J connectivity index is 3.80. The van der Waals surface area contributed by atoms with E-state index in [0.717, 1.165) is 6.42 Å². The van der Waals surface area contributed by atoms with Crippen molar-refractivity contribution in [2.24, 2.45) is 0 Å². The van der Waals surface area contributed by atoms with Crippen LogP contribution >= 0.6 is 0 Å². The first kappa shape index (κ1) is 11.4. The number of rotatable bonds is 5. The quantitative estimate of drug-likeness (QED) is 0.525. The second-order valence-electron chi connectivity index (χ2n) is 2.79. The van der Waals surface area contributed by atoms with Crippen LogP contribution in [0.25, 0.3) is 0 Å².